The molecule has 2 amide bonds. The van der Waals surface area contributed by atoms with Crippen LogP contribution in [-0.4, -0.2) is 66.3 Å². The number of halogens is 1. The van der Waals surface area contributed by atoms with Gasteiger partial charge in [-0.25, -0.2) is 4.39 Å². The van der Waals surface area contributed by atoms with Gasteiger partial charge in [0.15, 0.2) is 0 Å². The summed E-state index contributed by atoms with van der Waals surface area (Å²) in [7, 11) is 1.84. The molecule has 1 aromatic rings. The molecule has 2 fully saturated rings. The summed E-state index contributed by atoms with van der Waals surface area (Å²) in [5.41, 5.74) is 0.562. The second-order valence-electron chi connectivity index (χ2n) is 6.82. The van der Waals surface area contributed by atoms with E-state index < -0.39 is 0 Å². The molecule has 24 heavy (non-hydrogen) atoms. The Morgan fingerprint density at radius 2 is 1.96 bits per heavy atom. The molecule has 2 aliphatic heterocycles. The van der Waals surface area contributed by atoms with E-state index in [1.54, 1.807) is 28.0 Å². The minimum absolute atomic E-state index is 0.0461. The third-order valence-electron chi connectivity index (χ3n) is 4.96. The standard InChI is InChI=1S/C18H24FN3O2/c1-20-10-14(6-7-17(20)23)11-21-8-9-22(18(24)13-21)12-15-4-2-3-5-16(15)19/h2-5,14H,6-13H2,1H3. The van der Waals surface area contributed by atoms with E-state index in [1.165, 1.54) is 6.07 Å². The van der Waals surface area contributed by atoms with Crippen molar-refractivity contribution in [2.24, 2.45) is 5.92 Å². The van der Waals surface area contributed by atoms with Crippen LogP contribution in [0.4, 0.5) is 4.39 Å². The summed E-state index contributed by atoms with van der Waals surface area (Å²) in [6.45, 7) is 3.74. The Morgan fingerprint density at radius 1 is 1.17 bits per heavy atom. The summed E-state index contributed by atoms with van der Waals surface area (Å²) in [5.74, 6) is 0.419. The maximum Gasteiger partial charge on any atom is 0.237 e. The molecule has 0 radical (unpaired) electrons. The fourth-order valence-corrected chi connectivity index (χ4v) is 3.53. The maximum absolute atomic E-state index is 13.7. The van der Waals surface area contributed by atoms with Crippen LogP contribution in [0.25, 0.3) is 0 Å². The van der Waals surface area contributed by atoms with E-state index in [2.05, 4.69) is 4.90 Å². The van der Waals surface area contributed by atoms with Crippen LogP contribution < -0.4 is 0 Å². The SMILES string of the molecule is CN1CC(CN2CCN(Cc3ccccc3F)C(=O)C2)CCC1=O. The van der Waals surface area contributed by atoms with Crippen LogP contribution in [-0.2, 0) is 16.1 Å². The molecule has 6 heteroatoms. The third-order valence-corrected chi connectivity index (χ3v) is 4.96. The Balaban J connectivity index is 1.51. The number of hydrogen-bond donors (Lipinski definition) is 0. The third kappa shape index (κ3) is 3.93. The lowest BCUT2D eigenvalue weighted by Gasteiger charge is -2.38. The van der Waals surface area contributed by atoms with Crippen LogP contribution in [0.1, 0.15) is 18.4 Å². The Bertz CT molecular complexity index is 622. The van der Waals surface area contributed by atoms with Crippen molar-refractivity contribution in [3.05, 3.63) is 35.6 Å². The summed E-state index contributed by atoms with van der Waals surface area (Å²) < 4.78 is 13.7. The van der Waals surface area contributed by atoms with Crippen molar-refractivity contribution >= 4 is 11.8 Å². The highest BCUT2D eigenvalue weighted by Gasteiger charge is 2.29. The highest BCUT2D eigenvalue weighted by atomic mass is 19.1. The smallest absolute Gasteiger partial charge is 0.237 e. The maximum atomic E-state index is 13.7. The molecule has 1 unspecified atom stereocenters. The molecule has 0 saturated carbocycles. The van der Waals surface area contributed by atoms with Gasteiger partial charge in [0.2, 0.25) is 11.8 Å². The zero-order valence-electron chi connectivity index (χ0n) is 14.1. The van der Waals surface area contributed by atoms with E-state index in [0.717, 1.165) is 26.1 Å². The molecule has 1 aromatic carbocycles. The van der Waals surface area contributed by atoms with Crippen molar-refractivity contribution in [3.63, 3.8) is 0 Å². The zero-order valence-corrected chi connectivity index (χ0v) is 14.1. The van der Waals surface area contributed by atoms with Crippen LogP contribution >= 0.6 is 0 Å². The van der Waals surface area contributed by atoms with E-state index in [0.29, 0.717) is 37.5 Å². The number of carbonyl (C=O) groups is 2. The first-order valence-corrected chi connectivity index (χ1v) is 8.50. The second kappa shape index (κ2) is 7.30. The van der Waals surface area contributed by atoms with Crippen molar-refractivity contribution in [1.82, 2.24) is 14.7 Å². The lowest BCUT2D eigenvalue weighted by Crippen LogP contribution is -2.52. The molecular weight excluding hydrogens is 309 g/mol. The minimum Gasteiger partial charge on any atom is -0.345 e. The number of rotatable bonds is 4. The molecule has 0 spiro atoms. The summed E-state index contributed by atoms with van der Waals surface area (Å²) in [6, 6.07) is 6.60. The van der Waals surface area contributed by atoms with Gasteiger partial charge in [-0.1, -0.05) is 18.2 Å². The van der Waals surface area contributed by atoms with Gasteiger partial charge >= 0.3 is 0 Å². The molecule has 1 atom stereocenters. The lowest BCUT2D eigenvalue weighted by molar-refractivity contribution is -0.138. The molecule has 0 aliphatic carbocycles. The van der Waals surface area contributed by atoms with Gasteiger partial charge in [0.25, 0.3) is 0 Å². The van der Waals surface area contributed by atoms with E-state index >= 15 is 0 Å². The number of benzene rings is 1. The first-order valence-electron chi connectivity index (χ1n) is 8.50. The molecular formula is C18H24FN3O2. The van der Waals surface area contributed by atoms with Gasteiger partial charge in [0, 0.05) is 51.8 Å². The van der Waals surface area contributed by atoms with Gasteiger partial charge in [-0.05, 0) is 18.4 Å². The highest BCUT2D eigenvalue weighted by molar-refractivity contribution is 5.79. The molecule has 2 heterocycles. The summed E-state index contributed by atoms with van der Waals surface area (Å²) >= 11 is 0. The molecule has 2 aliphatic rings. The number of nitrogens with zero attached hydrogens (tertiary/aromatic N) is 3. The van der Waals surface area contributed by atoms with Gasteiger partial charge in [-0.15, -0.1) is 0 Å². The zero-order chi connectivity index (χ0) is 17.1. The van der Waals surface area contributed by atoms with E-state index in [9.17, 15) is 14.0 Å². The number of piperazine rings is 1. The van der Waals surface area contributed by atoms with Crippen molar-refractivity contribution in [2.75, 3.05) is 39.8 Å². The normalized spacial score (nSPS) is 23.0. The van der Waals surface area contributed by atoms with Crippen molar-refractivity contribution in [1.29, 1.82) is 0 Å². The Labute approximate surface area is 142 Å². The number of hydrogen-bond acceptors (Lipinski definition) is 3. The van der Waals surface area contributed by atoms with Crippen LogP contribution in [0.15, 0.2) is 24.3 Å². The first-order chi connectivity index (χ1) is 11.5. The van der Waals surface area contributed by atoms with Gasteiger partial charge in [-0.3, -0.25) is 14.5 Å². The fourth-order valence-electron chi connectivity index (χ4n) is 3.53. The molecule has 0 bridgehead atoms. The minimum atomic E-state index is -0.261. The Hall–Kier alpha value is -1.95. The predicted octanol–water partition coefficient (Wildman–Crippen LogP) is 1.34. The molecule has 130 valence electrons. The van der Waals surface area contributed by atoms with Crippen molar-refractivity contribution in [3.8, 4) is 0 Å². The summed E-state index contributed by atoms with van der Waals surface area (Å²) in [4.78, 5) is 29.6. The van der Waals surface area contributed by atoms with Crippen molar-refractivity contribution < 1.29 is 14.0 Å². The molecule has 0 aromatic heterocycles. The largest absolute Gasteiger partial charge is 0.345 e. The summed E-state index contributed by atoms with van der Waals surface area (Å²) in [5, 5.41) is 0. The number of piperidine rings is 1. The van der Waals surface area contributed by atoms with E-state index in [4.69, 9.17) is 0 Å². The van der Waals surface area contributed by atoms with Crippen LogP contribution in [0.3, 0.4) is 0 Å². The van der Waals surface area contributed by atoms with Crippen LogP contribution in [0.5, 0.6) is 0 Å². The molecule has 5 nitrogen and oxygen atoms in total. The number of likely N-dealkylation sites (tertiary alicyclic amines) is 1. The average Bonchev–Trinajstić information content (AvgIpc) is 2.55. The first kappa shape index (κ1) is 16.9. The fraction of sp³-hybridized carbons (Fsp3) is 0.556. The van der Waals surface area contributed by atoms with E-state index in [1.807, 2.05) is 7.05 Å². The predicted molar refractivity (Wildman–Crippen MR) is 88.6 cm³/mol. The highest BCUT2D eigenvalue weighted by Crippen LogP contribution is 2.19. The molecule has 2 saturated heterocycles. The molecule has 0 N–H and O–H groups in total. The topological polar surface area (TPSA) is 43.9 Å². The van der Waals surface area contributed by atoms with Gasteiger partial charge in [-0.2, -0.15) is 0 Å². The Morgan fingerprint density at radius 3 is 2.67 bits per heavy atom. The lowest BCUT2D eigenvalue weighted by atomic mass is 9.97. The van der Waals surface area contributed by atoms with E-state index in [-0.39, 0.29) is 17.6 Å². The van der Waals surface area contributed by atoms with Crippen molar-refractivity contribution in [2.45, 2.75) is 19.4 Å². The quantitative estimate of drug-likeness (QED) is 0.835. The molecule has 3 rings (SSSR count). The second-order valence-corrected chi connectivity index (χ2v) is 6.82. The Kier molecular flexibility index (Phi) is 5.14. The van der Waals surface area contributed by atoms with Crippen LogP contribution in [0, 0.1) is 11.7 Å². The van der Waals surface area contributed by atoms with Gasteiger partial charge in [0.1, 0.15) is 5.82 Å². The average molecular weight is 333 g/mol. The van der Waals surface area contributed by atoms with Gasteiger partial charge in [0.05, 0.1) is 6.54 Å². The summed E-state index contributed by atoms with van der Waals surface area (Å²) in [6.07, 6.45) is 1.50. The van der Waals surface area contributed by atoms with Gasteiger partial charge < -0.3 is 9.80 Å². The van der Waals surface area contributed by atoms with Crippen LogP contribution in [0.2, 0.25) is 0 Å². The number of amides is 2. The monoisotopic (exact) mass is 333 g/mol. The number of carbonyl (C=O) groups excluding carboxylic acids is 2.